The predicted octanol–water partition coefficient (Wildman–Crippen LogP) is 4.45. The number of aromatic nitrogens is 2. The normalized spacial score (nSPS) is 10.4. The molecule has 0 atom stereocenters. The Labute approximate surface area is 201 Å². The van der Waals surface area contributed by atoms with E-state index in [1.54, 1.807) is 81.9 Å². The Morgan fingerprint density at radius 2 is 1.69 bits per heavy atom. The van der Waals surface area contributed by atoms with Crippen molar-refractivity contribution in [2.75, 3.05) is 24.5 Å². The summed E-state index contributed by atoms with van der Waals surface area (Å²) < 4.78 is 16.8. The molecule has 0 unspecified atom stereocenters. The van der Waals surface area contributed by atoms with Crippen LogP contribution in [0.25, 0.3) is 10.9 Å². The summed E-state index contributed by atoms with van der Waals surface area (Å²) in [6.45, 7) is 1.79. The highest BCUT2D eigenvalue weighted by Gasteiger charge is 2.14. The van der Waals surface area contributed by atoms with Gasteiger partial charge in [0, 0.05) is 29.5 Å². The van der Waals surface area contributed by atoms with Crippen molar-refractivity contribution in [3.8, 4) is 23.0 Å². The Hall–Kier alpha value is -4.86. The molecule has 2 aromatic heterocycles. The van der Waals surface area contributed by atoms with Gasteiger partial charge in [-0.25, -0.2) is 20.2 Å². The van der Waals surface area contributed by atoms with Gasteiger partial charge in [0.15, 0.2) is 17.3 Å². The van der Waals surface area contributed by atoms with E-state index >= 15 is 0 Å². The summed E-state index contributed by atoms with van der Waals surface area (Å²) in [4.78, 5) is 32.3. The summed E-state index contributed by atoms with van der Waals surface area (Å²) in [7, 11) is 3.13. The number of nitrogens with one attached hydrogen (secondary N) is 2. The number of hydrazine groups is 1. The Balaban J connectivity index is 1.46. The molecule has 0 aliphatic carbocycles. The molecular formula is C25H23N5O5. The van der Waals surface area contributed by atoms with Crippen molar-refractivity contribution in [3.05, 3.63) is 72.6 Å². The maximum Gasteiger partial charge on any atom is 0.338 e. The molecule has 2 aromatic carbocycles. The van der Waals surface area contributed by atoms with Crippen LogP contribution in [0.1, 0.15) is 5.56 Å². The van der Waals surface area contributed by atoms with Crippen molar-refractivity contribution in [2.24, 2.45) is 0 Å². The van der Waals surface area contributed by atoms with E-state index in [0.717, 1.165) is 16.0 Å². The fourth-order valence-corrected chi connectivity index (χ4v) is 3.40. The summed E-state index contributed by atoms with van der Waals surface area (Å²) in [6, 6.07) is 15.0. The average Bonchev–Trinajstić information content (AvgIpc) is 2.88. The minimum atomic E-state index is -0.600. The summed E-state index contributed by atoms with van der Waals surface area (Å²) in [5.74, 6) is 2.61. The van der Waals surface area contributed by atoms with E-state index in [2.05, 4.69) is 20.7 Å². The van der Waals surface area contributed by atoms with Gasteiger partial charge in [0.2, 0.25) is 6.41 Å². The molecule has 10 nitrogen and oxygen atoms in total. The van der Waals surface area contributed by atoms with E-state index in [9.17, 15) is 9.59 Å². The number of amides is 3. The second-order valence-corrected chi connectivity index (χ2v) is 7.35. The third-order valence-electron chi connectivity index (χ3n) is 5.08. The lowest BCUT2D eigenvalue weighted by molar-refractivity contribution is -0.107. The summed E-state index contributed by atoms with van der Waals surface area (Å²) in [6.07, 6.45) is 3.66. The highest BCUT2D eigenvalue weighted by Crippen LogP contribution is 2.37. The second kappa shape index (κ2) is 10.4. The molecule has 4 aromatic rings. The zero-order valence-electron chi connectivity index (χ0n) is 19.3. The molecule has 0 saturated carbocycles. The smallest absolute Gasteiger partial charge is 0.338 e. The number of anilines is 2. The van der Waals surface area contributed by atoms with Gasteiger partial charge in [-0.3, -0.25) is 9.78 Å². The largest absolute Gasteiger partial charge is 0.493 e. The molecule has 178 valence electrons. The first kappa shape index (κ1) is 23.3. The van der Waals surface area contributed by atoms with Gasteiger partial charge >= 0.3 is 6.03 Å². The third-order valence-corrected chi connectivity index (χ3v) is 5.08. The number of fused-ring (bicyclic) bond motifs is 1. The topological polar surface area (TPSA) is 115 Å². The zero-order chi connectivity index (χ0) is 24.8. The van der Waals surface area contributed by atoms with Crippen LogP contribution in [0.3, 0.4) is 0 Å². The standard InChI is InChI=1S/C25H23N5O5/c1-16-5-4-11-27-24(16)30(15-31)29-25(32)28-17-6-8-18(9-7-17)35-21-10-12-26-20-14-23(34-3)22(33-2)13-19(20)21/h4-15H,1-3H3,(H2,28,29,32). The van der Waals surface area contributed by atoms with Gasteiger partial charge in [0.1, 0.15) is 11.5 Å². The van der Waals surface area contributed by atoms with E-state index in [1.165, 1.54) is 6.20 Å². The van der Waals surface area contributed by atoms with Crippen LogP contribution in [-0.4, -0.2) is 36.6 Å². The van der Waals surface area contributed by atoms with Crippen LogP contribution in [0.5, 0.6) is 23.0 Å². The van der Waals surface area contributed by atoms with Gasteiger partial charge in [0.05, 0.1) is 19.7 Å². The van der Waals surface area contributed by atoms with Gasteiger partial charge in [0.25, 0.3) is 0 Å². The highest BCUT2D eigenvalue weighted by atomic mass is 16.5. The minimum absolute atomic E-state index is 0.334. The number of benzene rings is 2. The van der Waals surface area contributed by atoms with Gasteiger partial charge < -0.3 is 19.5 Å². The van der Waals surface area contributed by atoms with Crippen LogP contribution < -0.4 is 30.0 Å². The van der Waals surface area contributed by atoms with E-state index in [1.807, 2.05) is 0 Å². The molecule has 3 amide bonds. The van der Waals surface area contributed by atoms with E-state index in [4.69, 9.17) is 14.2 Å². The molecule has 2 heterocycles. The van der Waals surface area contributed by atoms with Gasteiger partial charge in [-0.05, 0) is 55.0 Å². The van der Waals surface area contributed by atoms with Crippen molar-refractivity contribution in [1.29, 1.82) is 0 Å². The molecule has 0 fully saturated rings. The van der Waals surface area contributed by atoms with E-state index < -0.39 is 6.03 Å². The summed E-state index contributed by atoms with van der Waals surface area (Å²) >= 11 is 0. The molecule has 0 saturated heterocycles. The summed E-state index contributed by atoms with van der Waals surface area (Å²) in [5.41, 5.74) is 4.39. The molecule has 0 spiro atoms. The van der Waals surface area contributed by atoms with Crippen molar-refractivity contribution in [2.45, 2.75) is 6.92 Å². The number of carbonyl (C=O) groups is 2. The first-order chi connectivity index (χ1) is 17.0. The molecule has 4 rings (SSSR count). The number of rotatable bonds is 8. The number of hydrogen-bond acceptors (Lipinski definition) is 7. The monoisotopic (exact) mass is 473 g/mol. The maximum absolute atomic E-state index is 12.4. The van der Waals surface area contributed by atoms with Gasteiger partial charge in [-0.2, -0.15) is 0 Å². The Morgan fingerprint density at radius 3 is 2.37 bits per heavy atom. The number of carbonyl (C=O) groups excluding carboxylic acids is 2. The van der Waals surface area contributed by atoms with Gasteiger partial charge in [-0.15, -0.1) is 0 Å². The Morgan fingerprint density at radius 1 is 0.943 bits per heavy atom. The van der Waals surface area contributed by atoms with Crippen molar-refractivity contribution in [1.82, 2.24) is 15.4 Å². The number of hydrogen-bond donors (Lipinski definition) is 2. The lowest BCUT2D eigenvalue weighted by Crippen LogP contribution is -2.44. The van der Waals surface area contributed by atoms with Crippen molar-refractivity contribution < 1.29 is 23.8 Å². The first-order valence-corrected chi connectivity index (χ1v) is 10.5. The Kier molecular flexibility index (Phi) is 6.91. The number of pyridine rings is 2. The highest BCUT2D eigenvalue weighted by molar-refractivity contribution is 5.93. The molecular weight excluding hydrogens is 450 g/mol. The van der Waals surface area contributed by atoms with Crippen LogP contribution in [0.2, 0.25) is 0 Å². The van der Waals surface area contributed by atoms with Crippen molar-refractivity contribution in [3.63, 3.8) is 0 Å². The molecule has 10 heteroatoms. The fraction of sp³-hybridized carbons (Fsp3) is 0.120. The molecule has 0 aliphatic rings. The van der Waals surface area contributed by atoms with Crippen LogP contribution in [0.15, 0.2) is 67.0 Å². The van der Waals surface area contributed by atoms with Gasteiger partial charge in [-0.1, -0.05) is 6.07 Å². The Bertz CT molecular complexity index is 1360. The minimum Gasteiger partial charge on any atom is -0.493 e. The quantitative estimate of drug-likeness (QED) is 0.287. The number of aryl methyl sites for hydroxylation is 1. The molecule has 0 bridgehead atoms. The number of nitrogens with zero attached hydrogens (tertiary/aromatic N) is 3. The second-order valence-electron chi connectivity index (χ2n) is 7.35. The van der Waals surface area contributed by atoms with E-state index in [0.29, 0.717) is 46.4 Å². The van der Waals surface area contributed by atoms with Crippen LogP contribution in [0.4, 0.5) is 16.3 Å². The number of urea groups is 1. The first-order valence-electron chi connectivity index (χ1n) is 10.5. The molecule has 0 aliphatic heterocycles. The third kappa shape index (κ3) is 5.22. The molecule has 0 radical (unpaired) electrons. The average molecular weight is 473 g/mol. The SMILES string of the molecule is COc1cc2nccc(Oc3ccc(NC(=O)NN(C=O)c4ncccc4C)cc3)c2cc1OC. The zero-order valence-corrected chi connectivity index (χ0v) is 19.3. The van der Waals surface area contributed by atoms with Crippen molar-refractivity contribution >= 4 is 34.8 Å². The lowest BCUT2D eigenvalue weighted by atomic mass is 10.2. The lowest BCUT2D eigenvalue weighted by Gasteiger charge is -2.19. The molecule has 2 N–H and O–H groups in total. The maximum atomic E-state index is 12.4. The summed E-state index contributed by atoms with van der Waals surface area (Å²) in [5, 5.41) is 4.44. The van der Waals surface area contributed by atoms with Crippen LogP contribution in [-0.2, 0) is 4.79 Å². The van der Waals surface area contributed by atoms with Crippen LogP contribution >= 0.6 is 0 Å². The number of ether oxygens (including phenoxy) is 3. The molecule has 35 heavy (non-hydrogen) atoms. The van der Waals surface area contributed by atoms with Crippen LogP contribution in [0, 0.1) is 6.92 Å². The fourth-order valence-electron chi connectivity index (χ4n) is 3.40. The number of methoxy groups -OCH3 is 2. The predicted molar refractivity (Wildman–Crippen MR) is 131 cm³/mol. The van der Waals surface area contributed by atoms with E-state index in [-0.39, 0.29) is 0 Å².